The van der Waals surface area contributed by atoms with Crippen LogP contribution in [0.15, 0.2) is 36.5 Å². The molecule has 1 N–H and O–H groups in total. The van der Waals surface area contributed by atoms with E-state index < -0.39 is 0 Å². The van der Waals surface area contributed by atoms with E-state index in [0.29, 0.717) is 0 Å². The van der Waals surface area contributed by atoms with Crippen molar-refractivity contribution in [2.24, 2.45) is 0 Å². The first-order valence-electron chi connectivity index (χ1n) is 4.00. The predicted octanol–water partition coefficient (Wildman–Crippen LogP) is 2.15. The van der Waals surface area contributed by atoms with E-state index in [0.717, 1.165) is 17.1 Å². The van der Waals surface area contributed by atoms with E-state index in [1.807, 2.05) is 30.3 Å². The van der Waals surface area contributed by atoms with Gasteiger partial charge in [-0.15, -0.1) is 5.10 Å². The van der Waals surface area contributed by atoms with Crippen LogP contribution in [0.1, 0.15) is 4.88 Å². The Morgan fingerprint density at radius 2 is 2.08 bits per heavy atom. The number of para-hydroxylation sites is 1. The lowest BCUT2D eigenvalue weighted by atomic mass is 10.3. The third-order valence-corrected chi connectivity index (χ3v) is 2.31. The topological polar surface area (TPSA) is 37.8 Å². The molecule has 0 saturated carbocycles. The highest BCUT2D eigenvalue weighted by Crippen LogP contribution is 2.08. The van der Waals surface area contributed by atoms with Gasteiger partial charge in [0.15, 0.2) is 0 Å². The molecule has 13 heavy (non-hydrogen) atoms. The van der Waals surface area contributed by atoms with Crippen LogP contribution in [0.3, 0.4) is 0 Å². The van der Waals surface area contributed by atoms with Crippen molar-refractivity contribution in [3.05, 3.63) is 41.4 Å². The summed E-state index contributed by atoms with van der Waals surface area (Å²) in [7, 11) is 0. The molecular weight excluding hydrogens is 182 g/mol. The Morgan fingerprint density at radius 1 is 1.23 bits per heavy atom. The second kappa shape index (κ2) is 4.00. The van der Waals surface area contributed by atoms with Crippen molar-refractivity contribution in [3.63, 3.8) is 0 Å². The summed E-state index contributed by atoms with van der Waals surface area (Å²) in [5.41, 5.74) is 1.12. The van der Waals surface area contributed by atoms with Gasteiger partial charge in [0.1, 0.15) is 0 Å². The minimum Gasteiger partial charge on any atom is -0.380 e. The van der Waals surface area contributed by atoms with Crippen LogP contribution in [0.5, 0.6) is 0 Å². The van der Waals surface area contributed by atoms with Gasteiger partial charge in [0.2, 0.25) is 0 Å². The van der Waals surface area contributed by atoms with Crippen molar-refractivity contribution >= 4 is 17.2 Å². The van der Waals surface area contributed by atoms with E-state index in [2.05, 4.69) is 14.9 Å². The number of anilines is 1. The zero-order chi connectivity index (χ0) is 8.93. The van der Waals surface area contributed by atoms with Gasteiger partial charge in [-0.2, -0.15) is 0 Å². The van der Waals surface area contributed by atoms with Gasteiger partial charge in [-0.3, -0.25) is 0 Å². The van der Waals surface area contributed by atoms with Crippen LogP contribution in [0.4, 0.5) is 5.69 Å². The largest absolute Gasteiger partial charge is 0.380 e. The van der Waals surface area contributed by atoms with Gasteiger partial charge in [-0.1, -0.05) is 22.7 Å². The number of hydrogen-bond donors (Lipinski definition) is 1. The molecule has 0 unspecified atom stereocenters. The average Bonchev–Trinajstić information content (AvgIpc) is 2.69. The fourth-order valence-corrected chi connectivity index (χ4v) is 1.44. The maximum absolute atomic E-state index is 3.79. The summed E-state index contributed by atoms with van der Waals surface area (Å²) in [6, 6.07) is 10.1. The monoisotopic (exact) mass is 191 g/mol. The SMILES string of the molecule is c1ccc(NCc2cnns2)cc1. The van der Waals surface area contributed by atoms with Crippen molar-refractivity contribution in [1.29, 1.82) is 0 Å². The van der Waals surface area contributed by atoms with Crippen LogP contribution in [-0.4, -0.2) is 9.59 Å². The molecule has 0 fully saturated rings. The Balaban J connectivity index is 1.94. The molecule has 0 atom stereocenters. The maximum atomic E-state index is 3.79. The van der Waals surface area contributed by atoms with Crippen molar-refractivity contribution in [2.75, 3.05) is 5.32 Å². The van der Waals surface area contributed by atoms with Crippen LogP contribution in [0, 0.1) is 0 Å². The van der Waals surface area contributed by atoms with Gasteiger partial charge < -0.3 is 5.32 Å². The summed E-state index contributed by atoms with van der Waals surface area (Å²) in [5, 5.41) is 7.04. The third kappa shape index (κ3) is 2.26. The Kier molecular flexibility index (Phi) is 2.52. The van der Waals surface area contributed by atoms with E-state index in [9.17, 15) is 0 Å². The molecule has 2 aromatic rings. The van der Waals surface area contributed by atoms with Crippen molar-refractivity contribution in [2.45, 2.75) is 6.54 Å². The zero-order valence-electron chi connectivity index (χ0n) is 6.97. The minimum atomic E-state index is 0.793. The highest BCUT2D eigenvalue weighted by atomic mass is 32.1. The molecule has 0 bridgehead atoms. The number of nitrogens with one attached hydrogen (secondary N) is 1. The lowest BCUT2D eigenvalue weighted by Gasteiger charge is -2.02. The van der Waals surface area contributed by atoms with Crippen LogP contribution in [0.25, 0.3) is 0 Å². The molecule has 1 heterocycles. The summed E-state index contributed by atoms with van der Waals surface area (Å²) in [5.74, 6) is 0. The van der Waals surface area contributed by atoms with Crippen LogP contribution >= 0.6 is 11.5 Å². The van der Waals surface area contributed by atoms with E-state index in [1.165, 1.54) is 11.5 Å². The third-order valence-electron chi connectivity index (χ3n) is 1.65. The molecule has 3 nitrogen and oxygen atoms in total. The maximum Gasteiger partial charge on any atom is 0.0671 e. The molecular formula is C9H9N3S. The van der Waals surface area contributed by atoms with Crippen molar-refractivity contribution < 1.29 is 0 Å². The molecule has 0 radical (unpaired) electrons. The normalized spacial score (nSPS) is 9.85. The molecule has 1 aromatic heterocycles. The Bertz CT molecular complexity index is 344. The van der Waals surface area contributed by atoms with Crippen molar-refractivity contribution in [1.82, 2.24) is 9.59 Å². The van der Waals surface area contributed by atoms with E-state index in [4.69, 9.17) is 0 Å². The van der Waals surface area contributed by atoms with Gasteiger partial charge in [0.05, 0.1) is 17.6 Å². The highest BCUT2D eigenvalue weighted by molar-refractivity contribution is 7.05. The van der Waals surface area contributed by atoms with Gasteiger partial charge in [0.25, 0.3) is 0 Å². The van der Waals surface area contributed by atoms with Crippen LogP contribution < -0.4 is 5.32 Å². The molecule has 66 valence electrons. The average molecular weight is 191 g/mol. The summed E-state index contributed by atoms with van der Waals surface area (Å²) >= 11 is 1.42. The summed E-state index contributed by atoms with van der Waals surface area (Å²) in [6.45, 7) is 0.793. The molecule has 0 aliphatic heterocycles. The van der Waals surface area contributed by atoms with Gasteiger partial charge in [-0.25, -0.2) is 0 Å². The molecule has 0 amide bonds. The number of benzene rings is 1. The smallest absolute Gasteiger partial charge is 0.0671 e. The second-order valence-corrected chi connectivity index (χ2v) is 3.47. The highest BCUT2D eigenvalue weighted by Gasteiger charge is 1.94. The Hall–Kier alpha value is -1.42. The first-order chi connectivity index (χ1) is 6.45. The summed E-state index contributed by atoms with van der Waals surface area (Å²) in [4.78, 5) is 1.14. The molecule has 4 heteroatoms. The first kappa shape index (κ1) is 8.19. The number of hydrogen-bond acceptors (Lipinski definition) is 4. The lowest BCUT2D eigenvalue weighted by molar-refractivity contribution is 1.12. The quantitative estimate of drug-likeness (QED) is 0.807. The van der Waals surface area contributed by atoms with Gasteiger partial charge in [0, 0.05) is 5.69 Å². The minimum absolute atomic E-state index is 0.793. The molecule has 0 spiro atoms. The molecule has 2 rings (SSSR count). The molecule has 0 aliphatic carbocycles. The fraction of sp³-hybridized carbons (Fsp3) is 0.111. The van der Waals surface area contributed by atoms with Crippen LogP contribution in [0.2, 0.25) is 0 Å². The number of rotatable bonds is 3. The van der Waals surface area contributed by atoms with E-state index in [1.54, 1.807) is 6.20 Å². The van der Waals surface area contributed by atoms with Crippen molar-refractivity contribution in [3.8, 4) is 0 Å². The van der Waals surface area contributed by atoms with Crippen LogP contribution in [-0.2, 0) is 6.54 Å². The predicted molar refractivity (Wildman–Crippen MR) is 53.7 cm³/mol. The summed E-state index contributed by atoms with van der Waals surface area (Å²) < 4.78 is 3.79. The fourth-order valence-electron chi connectivity index (χ4n) is 1.01. The van der Waals surface area contributed by atoms with E-state index in [-0.39, 0.29) is 0 Å². The number of nitrogens with zero attached hydrogens (tertiary/aromatic N) is 2. The molecule has 0 saturated heterocycles. The van der Waals surface area contributed by atoms with Gasteiger partial charge in [-0.05, 0) is 23.7 Å². The zero-order valence-corrected chi connectivity index (χ0v) is 7.79. The Labute approximate surface area is 80.6 Å². The van der Waals surface area contributed by atoms with E-state index >= 15 is 0 Å². The molecule has 1 aromatic carbocycles. The lowest BCUT2D eigenvalue weighted by Crippen LogP contribution is -1.96. The Morgan fingerprint density at radius 3 is 2.77 bits per heavy atom. The first-order valence-corrected chi connectivity index (χ1v) is 4.77. The van der Waals surface area contributed by atoms with Gasteiger partial charge >= 0.3 is 0 Å². The molecule has 0 aliphatic rings. The second-order valence-electron chi connectivity index (χ2n) is 2.60. The number of aromatic nitrogens is 2. The summed E-state index contributed by atoms with van der Waals surface area (Å²) in [6.07, 6.45) is 1.78. The standard InChI is InChI=1S/C9H9N3S/c1-2-4-8(5-3-1)10-6-9-7-11-12-13-9/h1-5,7,10H,6H2.